The number of aliphatic hydroxyl groups is 1. The van der Waals surface area contributed by atoms with Crippen molar-refractivity contribution < 1.29 is 14.6 Å². The van der Waals surface area contributed by atoms with Crippen molar-refractivity contribution in [2.24, 2.45) is 5.92 Å². The molecule has 0 aromatic heterocycles. The van der Waals surface area contributed by atoms with Crippen molar-refractivity contribution in [2.75, 3.05) is 6.61 Å². The molecule has 1 heterocycles. The second-order valence-electron chi connectivity index (χ2n) is 8.44. The van der Waals surface area contributed by atoms with Gasteiger partial charge in [-0.1, -0.05) is 84.5 Å². The Kier molecular flexibility index (Phi) is 12.0. The molecule has 0 bridgehead atoms. The molecule has 0 amide bonds. The lowest BCUT2D eigenvalue weighted by atomic mass is 9.91. The fourth-order valence-electron chi connectivity index (χ4n) is 3.78. The van der Waals surface area contributed by atoms with Gasteiger partial charge in [-0.05, 0) is 26.7 Å². The summed E-state index contributed by atoms with van der Waals surface area (Å²) in [5.74, 6) is -0.320. The van der Waals surface area contributed by atoms with E-state index in [0.717, 1.165) is 25.9 Å². The minimum Gasteiger partial charge on any atom is -0.393 e. The molecule has 0 aromatic rings. The van der Waals surface area contributed by atoms with Crippen molar-refractivity contribution in [1.82, 2.24) is 0 Å². The van der Waals surface area contributed by atoms with Crippen LogP contribution in [0, 0.1) is 5.92 Å². The lowest BCUT2D eigenvalue weighted by Crippen LogP contribution is -2.45. The van der Waals surface area contributed by atoms with Crippen LogP contribution in [-0.2, 0) is 9.47 Å². The summed E-state index contributed by atoms with van der Waals surface area (Å²) in [5, 5.41) is 10.5. The molecule has 0 unspecified atom stereocenters. The Morgan fingerprint density at radius 1 is 0.920 bits per heavy atom. The number of rotatable bonds is 14. The van der Waals surface area contributed by atoms with Crippen molar-refractivity contribution in [3.63, 3.8) is 0 Å². The van der Waals surface area contributed by atoms with Gasteiger partial charge >= 0.3 is 0 Å². The third-order valence-corrected chi connectivity index (χ3v) is 5.58. The maximum atomic E-state index is 10.5. The Hall–Kier alpha value is -0.120. The van der Waals surface area contributed by atoms with E-state index in [1.54, 1.807) is 0 Å². The summed E-state index contributed by atoms with van der Waals surface area (Å²) >= 11 is 0. The molecule has 25 heavy (non-hydrogen) atoms. The zero-order chi connectivity index (χ0) is 18.5. The highest BCUT2D eigenvalue weighted by molar-refractivity contribution is 4.78. The monoisotopic (exact) mass is 356 g/mol. The molecule has 3 atom stereocenters. The maximum absolute atomic E-state index is 10.5. The summed E-state index contributed by atoms with van der Waals surface area (Å²) in [6, 6.07) is 0. The molecular formula is C22H44O3. The van der Waals surface area contributed by atoms with E-state index in [4.69, 9.17) is 9.47 Å². The topological polar surface area (TPSA) is 38.7 Å². The van der Waals surface area contributed by atoms with Crippen LogP contribution < -0.4 is 0 Å². The Balaban J connectivity index is 1.98. The molecule has 1 aliphatic heterocycles. The van der Waals surface area contributed by atoms with Gasteiger partial charge in [0.05, 0.1) is 18.8 Å². The summed E-state index contributed by atoms with van der Waals surface area (Å²) in [6.45, 7) is 9.04. The minimum absolute atomic E-state index is 0.117. The van der Waals surface area contributed by atoms with Crippen molar-refractivity contribution >= 4 is 0 Å². The van der Waals surface area contributed by atoms with Gasteiger partial charge in [-0.15, -0.1) is 0 Å². The first-order valence-corrected chi connectivity index (χ1v) is 11.0. The van der Waals surface area contributed by atoms with Crippen molar-refractivity contribution in [1.29, 1.82) is 0 Å². The van der Waals surface area contributed by atoms with Crippen LogP contribution in [-0.4, -0.2) is 29.7 Å². The van der Waals surface area contributed by atoms with Gasteiger partial charge in [0.2, 0.25) is 0 Å². The van der Waals surface area contributed by atoms with Crippen LogP contribution in [0.3, 0.4) is 0 Å². The molecule has 3 nitrogen and oxygen atoms in total. The van der Waals surface area contributed by atoms with Crippen molar-refractivity contribution in [2.45, 2.75) is 129 Å². The predicted octanol–water partition coefficient (Wildman–Crippen LogP) is 6.23. The summed E-state index contributed by atoms with van der Waals surface area (Å²) in [7, 11) is 0. The lowest BCUT2D eigenvalue weighted by Gasteiger charge is -2.39. The first kappa shape index (κ1) is 22.9. The number of aliphatic hydroxyl groups excluding tert-OH is 1. The average molecular weight is 357 g/mol. The Morgan fingerprint density at radius 2 is 1.44 bits per heavy atom. The van der Waals surface area contributed by atoms with Gasteiger partial charge < -0.3 is 14.6 Å². The largest absolute Gasteiger partial charge is 0.393 e. The third-order valence-electron chi connectivity index (χ3n) is 5.58. The summed E-state index contributed by atoms with van der Waals surface area (Å²) in [5.41, 5.74) is 0. The van der Waals surface area contributed by atoms with Gasteiger partial charge in [-0.2, -0.15) is 0 Å². The van der Waals surface area contributed by atoms with Gasteiger partial charge in [0.25, 0.3) is 0 Å². The van der Waals surface area contributed by atoms with E-state index in [1.807, 2.05) is 13.8 Å². The molecule has 0 aliphatic carbocycles. The SMILES string of the molecule is CCCCCCCCCCCCC[C@@H](O)[C@H](C)[C@@H]1CCOC(C)(C)O1. The van der Waals surface area contributed by atoms with E-state index in [2.05, 4.69) is 13.8 Å². The molecule has 1 saturated heterocycles. The number of ether oxygens (including phenoxy) is 2. The van der Waals surface area contributed by atoms with Gasteiger partial charge in [-0.25, -0.2) is 0 Å². The number of hydrogen-bond acceptors (Lipinski definition) is 3. The van der Waals surface area contributed by atoms with Crippen molar-refractivity contribution in [3.8, 4) is 0 Å². The normalized spacial score (nSPS) is 22.7. The highest BCUT2D eigenvalue weighted by Crippen LogP contribution is 2.29. The first-order valence-electron chi connectivity index (χ1n) is 11.0. The van der Waals surface area contributed by atoms with E-state index in [9.17, 15) is 5.11 Å². The van der Waals surface area contributed by atoms with E-state index in [1.165, 1.54) is 64.2 Å². The maximum Gasteiger partial charge on any atom is 0.163 e. The molecule has 0 radical (unpaired) electrons. The van der Waals surface area contributed by atoms with Gasteiger partial charge in [0, 0.05) is 5.92 Å². The molecule has 1 rings (SSSR count). The highest BCUT2D eigenvalue weighted by Gasteiger charge is 2.34. The van der Waals surface area contributed by atoms with Crippen LogP contribution in [0.1, 0.15) is 111 Å². The van der Waals surface area contributed by atoms with E-state index < -0.39 is 5.79 Å². The molecule has 1 N–H and O–H groups in total. The minimum atomic E-state index is -0.507. The van der Waals surface area contributed by atoms with E-state index in [-0.39, 0.29) is 18.1 Å². The fourth-order valence-corrected chi connectivity index (χ4v) is 3.78. The Labute approximate surface area is 156 Å². The smallest absolute Gasteiger partial charge is 0.163 e. The quantitative estimate of drug-likeness (QED) is 0.375. The van der Waals surface area contributed by atoms with E-state index in [0.29, 0.717) is 0 Å². The molecule has 3 heteroatoms. The van der Waals surface area contributed by atoms with Gasteiger partial charge in [0.15, 0.2) is 5.79 Å². The van der Waals surface area contributed by atoms with E-state index >= 15 is 0 Å². The van der Waals surface area contributed by atoms with Crippen LogP contribution in [0.25, 0.3) is 0 Å². The summed E-state index contributed by atoms with van der Waals surface area (Å²) < 4.78 is 11.6. The molecule has 1 aliphatic rings. The predicted molar refractivity (Wildman–Crippen MR) is 106 cm³/mol. The molecule has 0 spiro atoms. The van der Waals surface area contributed by atoms with Crippen LogP contribution >= 0.6 is 0 Å². The second kappa shape index (κ2) is 13.1. The second-order valence-corrected chi connectivity index (χ2v) is 8.44. The average Bonchev–Trinajstić information content (AvgIpc) is 2.58. The molecule has 0 aromatic carbocycles. The third kappa shape index (κ3) is 10.6. The Morgan fingerprint density at radius 3 is 1.96 bits per heavy atom. The molecule has 1 fully saturated rings. The molecule has 150 valence electrons. The van der Waals surface area contributed by atoms with Gasteiger partial charge in [0.1, 0.15) is 0 Å². The zero-order valence-electron chi connectivity index (χ0n) is 17.4. The number of unbranched alkanes of at least 4 members (excludes halogenated alkanes) is 10. The molecule has 0 saturated carbocycles. The standard InChI is InChI=1S/C22H44O3/c1-5-6-7-8-9-10-11-12-13-14-15-16-20(23)19(2)21-17-18-24-22(3,4)25-21/h19-21,23H,5-18H2,1-4H3/t19-,20+,21-/m0/s1. The van der Waals surface area contributed by atoms with Crippen LogP contribution in [0.15, 0.2) is 0 Å². The van der Waals surface area contributed by atoms with Crippen LogP contribution in [0.2, 0.25) is 0 Å². The lowest BCUT2D eigenvalue weighted by molar-refractivity contribution is -0.286. The zero-order valence-corrected chi connectivity index (χ0v) is 17.4. The first-order chi connectivity index (χ1) is 12.0. The number of hydrogen-bond donors (Lipinski definition) is 1. The highest BCUT2D eigenvalue weighted by atomic mass is 16.7. The Bertz CT molecular complexity index is 316. The van der Waals surface area contributed by atoms with Crippen LogP contribution in [0.4, 0.5) is 0 Å². The summed E-state index contributed by atoms with van der Waals surface area (Å²) in [4.78, 5) is 0. The van der Waals surface area contributed by atoms with Gasteiger partial charge in [-0.3, -0.25) is 0 Å². The fraction of sp³-hybridized carbons (Fsp3) is 1.00. The van der Waals surface area contributed by atoms with Crippen molar-refractivity contribution in [3.05, 3.63) is 0 Å². The summed E-state index contributed by atoms with van der Waals surface area (Å²) in [6.07, 6.45) is 16.5. The molecular weight excluding hydrogens is 312 g/mol. The van der Waals surface area contributed by atoms with Crippen LogP contribution in [0.5, 0.6) is 0 Å².